The third-order valence-corrected chi connectivity index (χ3v) is 9.97. The van der Waals surface area contributed by atoms with E-state index < -0.39 is 0 Å². The highest BCUT2D eigenvalue weighted by Crippen LogP contribution is 2.45. The van der Waals surface area contributed by atoms with Crippen LogP contribution in [0.1, 0.15) is 5.56 Å². The summed E-state index contributed by atoms with van der Waals surface area (Å²) >= 11 is 0. The van der Waals surface area contributed by atoms with E-state index in [-0.39, 0.29) is 0 Å². The molecule has 0 aliphatic heterocycles. The Balaban J connectivity index is 1.38. The molecule has 0 aliphatic rings. The van der Waals surface area contributed by atoms with Crippen molar-refractivity contribution in [1.29, 1.82) is 5.26 Å². The van der Waals surface area contributed by atoms with Crippen LogP contribution in [0.25, 0.3) is 88.9 Å². The molecule has 0 bridgehead atoms. The molecule has 7 aromatic carbocycles. The number of rotatable bonds is 5. The van der Waals surface area contributed by atoms with Crippen LogP contribution in [0.5, 0.6) is 0 Å². The van der Waals surface area contributed by atoms with Gasteiger partial charge in [-0.3, -0.25) is 0 Å². The molecule has 10 rings (SSSR count). The van der Waals surface area contributed by atoms with Gasteiger partial charge in [-0.2, -0.15) is 5.26 Å². The van der Waals surface area contributed by atoms with Crippen molar-refractivity contribution in [1.82, 2.24) is 19.1 Å². The van der Waals surface area contributed by atoms with Crippen LogP contribution in [0, 0.1) is 11.3 Å². The zero-order chi connectivity index (χ0) is 34.6. The fourth-order valence-electron chi connectivity index (χ4n) is 7.79. The normalized spacial score (nSPS) is 11.4. The molecule has 0 saturated carbocycles. The van der Waals surface area contributed by atoms with Gasteiger partial charge in [-0.15, -0.1) is 0 Å². The molecule has 0 saturated heterocycles. The van der Waals surface area contributed by atoms with Gasteiger partial charge in [0.05, 0.1) is 33.5 Å². The maximum absolute atomic E-state index is 10.9. The molecule has 0 spiro atoms. The summed E-state index contributed by atoms with van der Waals surface area (Å²) in [5.41, 5.74) is 10.9. The molecule has 5 nitrogen and oxygen atoms in total. The van der Waals surface area contributed by atoms with E-state index in [9.17, 15) is 5.26 Å². The quantitative estimate of drug-likeness (QED) is 0.184. The summed E-state index contributed by atoms with van der Waals surface area (Å²) in [6.45, 7) is 0. The standard InChI is InChI=1S/C47H29N5/c48-30-38-44(31-16-5-1-6-17-31)49-47(32-18-7-2-8-19-32)50-45(38)36-25-15-27-40-42(36)37-28-29-41-43(46(37)52(40)34-22-11-4-12-23-34)35-24-13-14-26-39(35)51(41)33-20-9-3-10-21-33/h1-29H. The molecule has 10 aromatic rings. The zero-order valence-corrected chi connectivity index (χ0v) is 28.0. The highest BCUT2D eigenvalue weighted by Gasteiger charge is 2.25. The molecule has 0 fully saturated rings. The molecular formula is C47H29N5. The van der Waals surface area contributed by atoms with E-state index in [4.69, 9.17) is 9.97 Å². The fourth-order valence-corrected chi connectivity index (χ4v) is 7.79. The Labute approximate surface area is 299 Å². The van der Waals surface area contributed by atoms with Crippen molar-refractivity contribution in [3.8, 4) is 51.3 Å². The number of benzene rings is 7. The molecule has 0 aliphatic carbocycles. The fraction of sp³-hybridized carbons (Fsp3) is 0. The highest BCUT2D eigenvalue weighted by atomic mass is 15.0. The van der Waals surface area contributed by atoms with Crippen LogP contribution < -0.4 is 0 Å². The third kappa shape index (κ3) is 4.49. The van der Waals surface area contributed by atoms with E-state index in [2.05, 4.69) is 130 Å². The Morgan fingerprint density at radius 1 is 0.423 bits per heavy atom. The van der Waals surface area contributed by atoms with E-state index in [0.717, 1.165) is 60.9 Å². The van der Waals surface area contributed by atoms with Gasteiger partial charge in [0.25, 0.3) is 0 Å². The first kappa shape index (κ1) is 29.6. The van der Waals surface area contributed by atoms with Crippen molar-refractivity contribution in [2.75, 3.05) is 0 Å². The van der Waals surface area contributed by atoms with Gasteiger partial charge in [0.2, 0.25) is 0 Å². The molecule has 242 valence electrons. The number of fused-ring (bicyclic) bond motifs is 7. The van der Waals surface area contributed by atoms with Gasteiger partial charge < -0.3 is 9.13 Å². The van der Waals surface area contributed by atoms with Gasteiger partial charge in [0.15, 0.2) is 5.82 Å². The summed E-state index contributed by atoms with van der Waals surface area (Å²) in [6, 6.07) is 63.0. The van der Waals surface area contributed by atoms with Gasteiger partial charge in [0, 0.05) is 49.6 Å². The predicted octanol–water partition coefficient (Wildman–Crippen LogP) is 11.5. The lowest BCUT2D eigenvalue weighted by molar-refractivity contribution is 1.17. The second-order valence-corrected chi connectivity index (χ2v) is 12.9. The number of aromatic nitrogens is 4. The predicted molar refractivity (Wildman–Crippen MR) is 212 cm³/mol. The van der Waals surface area contributed by atoms with Crippen molar-refractivity contribution < 1.29 is 0 Å². The molecule has 3 aromatic heterocycles. The first-order chi connectivity index (χ1) is 25.8. The molecule has 3 heterocycles. The topological polar surface area (TPSA) is 59.4 Å². The van der Waals surface area contributed by atoms with Crippen LogP contribution in [0.4, 0.5) is 0 Å². The molecule has 5 heteroatoms. The minimum atomic E-state index is 0.445. The second kappa shape index (κ2) is 11.9. The summed E-state index contributed by atoms with van der Waals surface area (Å²) in [5.74, 6) is 0.575. The van der Waals surface area contributed by atoms with Gasteiger partial charge in [-0.05, 0) is 42.5 Å². The molecule has 52 heavy (non-hydrogen) atoms. The van der Waals surface area contributed by atoms with E-state index in [1.54, 1.807) is 0 Å². The molecule has 0 N–H and O–H groups in total. The largest absolute Gasteiger partial charge is 0.309 e. The van der Waals surface area contributed by atoms with Crippen LogP contribution in [0.3, 0.4) is 0 Å². The number of nitriles is 1. The van der Waals surface area contributed by atoms with Crippen LogP contribution in [0.2, 0.25) is 0 Å². The summed E-state index contributed by atoms with van der Waals surface area (Å²) in [5, 5.41) is 15.3. The van der Waals surface area contributed by atoms with Crippen molar-refractivity contribution in [2.45, 2.75) is 0 Å². The molecular weight excluding hydrogens is 635 g/mol. The lowest BCUT2D eigenvalue weighted by Gasteiger charge is -2.13. The third-order valence-electron chi connectivity index (χ3n) is 9.97. The Hall–Kier alpha value is -7.29. The second-order valence-electron chi connectivity index (χ2n) is 12.9. The van der Waals surface area contributed by atoms with Crippen molar-refractivity contribution >= 4 is 43.6 Å². The first-order valence-electron chi connectivity index (χ1n) is 17.3. The van der Waals surface area contributed by atoms with Gasteiger partial charge in [-0.25, -0.2) is 9.97 Å². The van der Waals surface area contributed by atoms with E-state index >= 15 is 0 Å². The van der Waals surface area contributed by atoms with Crippen LogP contribution >= 0.6 is 0 Å². The minimum absolute atomic E-state index is 0.445. The van der Waals surface area contributed by atoms with Crippen molar-refractivity contribution in [3.05, 3.63) is 181 Å². The van der Waals surface area contributed by atoms with Crippen molar-refractivity contribution in [2.24, 2.45) is 0 Å². The van der Waals surface area contributed by atoms with Gasteiger partial charge in [-0.1, -0.05) is 133 Å². The average Bonchev–Trinajstić information content (AvgIpc) is 3.75. The SMILES string of the molecule is N#Cc1c(-c2ccccc2)nc(-c2ccccc2)nc1-c1cccc2c1c1ccc3c(c4ccccc4n3-c3ccccc3)c1n2-c1ccccc1. The monoisotopic (exact) mass is 663 g/mol. The number of hydrogen-bond acceptors (Lipinski definition) is 3. The lowest BCUT2D eigenvalue weighted by atomic mass is 9.96. The van der Waals surface area contributed by atoms with Crippen LogP contribution in [-0.4, -0.2) is 19.1 Å². The maximum atomic E-state index is 10.9. The Morgan fingerprint density at radius 3 is 1.67 bits per heavy atom. The Kier molecular flexibility index (Phi) is 6.80. The van der Waals surface area contributed by atoms with E-state index in [0.29, 0.717) is 22.8 Å². The summed E-state index contributed by atoms with van der Waals surface area (Å²) in [6.07, 6.45) is 0. The van der Waals surface area contributed by atoms with Gasteiger partial charge >= 0.3 is 0 Å². The first-order valence-corrected chi connectivity index (χ1v) is 17.3. The summed E-state index contributed by atoms with van der Waals surface area (Å²) in [4.78, 5) is 10.2. The maximum Gasteiger partial charge on any atom is 0.160 e. The molecule has 0 amide bonds. The zero-order valence-electron chi connectivity index (χ0n) is 28.0. The molecule has 0 unspecified atom stereocenters. The van der Waals surface area contributed by atoms with Crippen molar-refractivity contribution in [3.63, 3.8) is 0 Å². The Morgan fingerprint density at radius 2 is 0.981 bits per heavy atom. The smallest absolute Gasteiger partial charge is 0.160 e. The average molecular weight is 664 g/mol. The van der Waals surface area contributed by atoms with E-state index in [1.807, 2.05) is 60.7 Å². The number of nitrogens with zero attached hydrogens (tertiary/aromatic N) is 5. The van der Waals surface area contributed by atoms with E-state index in [1.165, 1.54) is 10.8 Å². The van der Waals surface area contributed by atoms with Gasteiger partial charge in [0.1, 0.15) is 11.6 Å². The van der Waals surface area contributed by atoms with Crippen LogP contribution in [-0.2, 0) is 0 Å². The summed E-state index contributed by atoms with van der Waals surface area (Å²) in [7, 11) is 0. The molecule has 0 atom stereocenters. The lowest BCUT2D eigenvalue weighted by Crippen LogP contribution is -2.01. The van der Waals surface area contributed by atoms with Crippen LogP contribution in [0.15, 0.2) is 176 Å². The Bertz CT molecular complexity index is 2990. The number of hydrogen-bond donors (Lipinski definition) is 0. The molecule has 0 radical (unpaired) electrons. The summed E-state index contributed by atoms with van der Waals surface area (Å²) < 4.78 is 4.73. The highest BCUT2D eigenvalue weighted by molar-refractivity contribution is 6.28. The minimum Gasteiger partial charge on any atom is -0.309 e. The number of para-hydroxylation sites is 3.